The van der Waals surface area contributed by atoms with Crippen LogP contribution in [0.3, 0.4) is 0 Å². The third-order valence-corrected chi connectivity index (χ3v) is 4.57. The second kappa shape index (κ2) is 11.4. The molecule has 3 N–H and O–H groups in total. The summed E-state index contributed by atoms with van der Waals surface area (Å²) in [6.45, 7) is 6.60. The van der Waals surface area contributed by atoms with Crippen LogP contribution in [0.2, 0.25) is 0 Å². The predicted molar refractivity (Wildman–Crippen MR) is 82.2 cm³/mol. The molecule has 21 heavy (non-hydrogen) atoms. The van der Waals surface area contributed by atoms with E-state index in [1.165, 1.54) is 0 Å². The first kappa shape index (κ1) is 21.8. The van der Waals surface area contributed by atoms with Gasteiger partial charge in [-0.25, -0.2) is 0 Å². The van der Waals surface area contributed by atoms with E-state index in [0.717, 1.165) is 32.1 Å². The minimum Gasteiger partial charge on any atom is -0.674 e. The van der Waals surface area contributed by atoms with Crippen molar-refractivity contribution in [1.29, 1.82) is 0 Å². The van der Waals surface area contributed by atoms with Crippen molar-refractivity contribution in [2.75, 3.05) is 6.61 Å². The van der Waals surface area contributed by atoms with Crippen LogP contribution in [-0.4, -0.2) is 24.7 Å². The molecular weight excluding hydrogens is 479 g/mol. The Bertz CT molecular complexity index is 296. The maximum Gasteiger partial charge on any atom is 0.308 e. The molecule has 1 radical (unpaired) electrons. The average Bonchev–Trinajstić information content (AvgIpc) is 2.80. The summed E-state index contributed by atoms with van der Waals surface area (Å²) in [6, 6.07) is -0.160. The van der Waals surface area contributed by atoms with Crippen LogP contribution < -0.4 is 5.73 Å². The Labute approximate surface area is 165 Å². The van der Waals surface area contributed by atoms with E-state index in [2.05, 4.69) is 13.8 Å². The average molecular weight is 510 g/mol. The number of nitrogens with two attached hydrogens (primary N) is 1. The van der Waals surface area contributed by atoms with E-state index >= 15 is 0 Å². The Morgan fingerprint density at radius 3 is 2.29 bits per heavy atom. The molecule has 121 valence electrons. The van der Waals surface area contributed by atoms with Crippen molar-refractivity contribution in [3.05, 3.63) is 5.73 Å². The summed E-state index contributed by atoms with van der Waals surface area (Å²) in [5.41, 5.74) is 14.8. The molecule has 4 nitrogen and oxygen atoms in total. The minimum absolute atomic E-state index is 0. The molecular formula is C16H31AcN2O2-. The maximum atomic E-state index is 11.8. The molecule has 1 aliphatic rings. The van der Waals surface area contributed by atoms with Crippen molar-refractivity contribution >= 4 is 5.97 Å². The Balaban J connectivity index is 0.00000400. The van der Waals surface area contributed by atoms with Crippen molar-refractivity contribution < 1.29 is 53.6 Å². The van der Waals surface area contributed by atoms with Crippen LogP contribution in [0.25, 0.3) is 5.73 Å². The fraction of sp³-hybridized carbons (Fsp3) is 0.938. The van der Waals surface area contributed by atoms with Crippen molar-refractivity contribution in [2.24, 2.45) is 23.5 Å². The van der Waals surface area contributed by atoms with Crippen LogP contribution in [0, 0.1) is 61.8 Å². The summed E-state index contributed by atoms with van der Waals surface area (Å²) in [6.07, 6.45) is 5.83. The smallest absolute Gasteiger partial charge is 0.308 e. The monoisotopic (exact) mass is 510 g/mol. The molecule has 1 aliphatic carbocycles. The van der Waals surface area contributed by atoms with Crippen molar-refractivity contribution in [1.82, 2.24) is 0 Å². The van der Waals surface area contributed by atoms with E-state index in [0.29, 0.717) is 18.9 Å². The number of carbonyl (C=O) groups is 1. The molecule has 1 saturated carbocycles. The number of nitrogens with one attached hydrogen (secondary N) is 1. The van der Waals surface area contributed by atoms with Gasteiger partial charge in [0, 0.05) is 50.1 Å². The van der Waals surface area contributed by atoms with Crippen LogP contribution in [0.1, 0.15) is 59.3 Å². The standard InChI is InChI=1S/C16H31N2O2.Ac/c1-4-7-11(8-5-2)15(18)13-9-12(10-14(13)17)16(19)20-6-3;/h11-15,18H,4-10,17H2,1-3H3;/q-1;/t12-,13-,14-,15?;/m1./s1. The summed E-state index contributed by atoms with van der Waals surface area (Å²) in [7, 11) is 0. The summed E-state index contributed by atoms with van der Waals surface area (Å²) >= 11 is 0. The molecule has 4 atom stereocenters. The first-order valence-electron chi connectivity index (χ1n) is 8.18. The summed E-state index contributed by atoms with van der Waals surface area (Å²) in [5, 5.41) is 0. The van der Waals surface area contributed by atoms with Crippen molar-refractivity contribution in [2.45, 2.75) is 71.4 Å². The summed E-state index contributed by atoms with van der Waals surface area (Å²) in [4.78, 5) is 11.8. The molecule has 0 bridgehead atoms. The Kier molecular flexibility index (Phi) is 11.8. The molecule has 0 aliphatic heterocycles. The number of hydrogen-bond acceptors (Lipinski definition) is 3. The van der Waals surface area contributed by atoms with Gasteiger partial charge in [-0.1, -0.05) is 45.4 Å². The van der Waals surface area contributed by atoms with Gasteiger partial charge in [0.1, 0.15) is 0 Å². The SMILES string of the molecule is CCCC(CCC)C([NH-])[C@@H]1C[C@@H](C(=O)OCC)C[C@H]1N.[Ac]. The zero-order valence-corrected chi connectivity index (χ0v) is 18.6. The number of esters is 1. The molecule has 5 heteroatoms. The largest absolute Gasteiger partial charge is 0.674 e. The summed E-state index contributed by atoms with van der Waals surface area (Å²) in [5.74, 6) is 0.349. The normalized spacial score (nSPS) is 26.5. The Hall–Kier alpha value is 0.832. The van der Waals surface area contributed by atoms with Gasteiger partial charge in [0.25, 0.3) is 0 Å². The zero-order chi connectivity index (χ0) is 15.1. The minimum atomic E-state index is -0.135. The fourth-order valence-corrected chi connectivity index (χ4v) is 3.56. The van der Waals surface area contributed by atoms with Gasteiger partial charge in [-0.05, 0) is 25.7 Å². The van der Waals surface area contributed by atoms with Crippen LogP contribution in [0.4, 0.5) is 0 Å². The molecule has 0 aromatic rings. The Morgan fingerprint density at radius 1 is 1.24 bits per heavy atom. The molecule has 0 saturated heterocycles. The second-order valence-electron chi connectivity index (χ2n) is 6.11. The van der Waals surface area contributed by atoms with Crippen LogP contribution in [0.15, 0.2) is 0 Å². The predicted octanol–water partition coefficient (Wildman–Crippen LogP) is 3.54. The topological polar surface area (TPSA) is 76.1 Å². The van der Waals surface area contributed by atoms with Gasteiger partial charge >= 0.3 is 5.97 Å². The van der Waals surface area contributed by atoms with Crippen molar-refractivity contribution in [3.63, 3.8) is 0 Å². The number of rotatable bonds is 8. The summed E-state index contributed by atoms with van der Waals surface area (Å²) < 4.78 is 5.10. The van der Waals surface area contributed by atoms with Gasteiger partial charge in [-0.3, -0.25) is 4.79 Å². The third kappa shape index (κ3) is 6.45. The molecule has 0 heterocycles. The van der Waals surface area contributed by atoms with E-state index in [1.807, 2.05) is 6.92 Å². The molecule has 0 amide bonds. The van der Waals surface area contributed by atoms with E-state index in [4.69, 9.17) is 16.2 Å². The van der Waals surface area contributed by atoms with E-state index in [-0.39, 0.29) is 74.0 Å². The number of carbonyl (C=O) groups excluding carboxylic acids is 1. The molecule has 1 rings (SSSR count). The molecule has 1 fully saturated rings. The quantitative estimate of drug-likeness (QED) is 0.508. The molecule has 1 unspecified atom stereocenters. The van der Waals surface area contributed by atoms with Gasteiger partial charge in [0.2, 0.25) is 0 Å². The van der Waals surface area contributed by atoms with Gasteiger partial charge in [0.15, 0.2) is 0 Å². The van der Waals surface area contributed by atoms with E-state index in [9.17, 15) is 4.79 Å². The molecule has 0 aromatic carbocycles. The van der Waals surface area contributed by atoms with Crippen LogP contribution in [-0.2, 0) is 9.53 Å². The molecule has 0 aromatic heterocycles. The number of ether oxygens (including phenoxy) is 1. The van der Waals surface area contributed by atoms with Gasteiger partial charge in [-0.15, -0.1) is 6.04 Å². The maximum absolute atomic E-state index is 11.8. The van der Waals surface area contributed by atoms with Crippen molar-refractivity contribution in [3.8, 4) is 0 Å². The Morgan fingerprint density at radius 2 is 1.81 bits per heavy atom. The third-order valence-electron chi connectivity index (χ3n) is 4.57. The zero-order valence-electron chi connectivity index (χ0n) is 13.8. The van der Waals surface area contributed by atoms with Gasteiger partial charge < -0.3 is 16.2 Å². The van der Waals surface area contributed by atoms with Gasteiger partial charge in [-0.2, -0.15) is 0 Å². The van der Waals surface area contributed by atoms with Gasteiger partial charge in [0.05, 0.1) is 12.5 Å². The first-order valence-corrected chi connectivity index (χ1v) is 8.18. The van der Waals surface area contributed by atoms with E-state index < -0.39 is 0 Å². The molecule has 0 spiro atoms. The van der Waals surface area contributed by atoms with E-state index in [1.54, 1.807) is 0 Å². The second-order valence-corrected chi connectivity index (χ2v) is 6.11. The number of hydrogen-bond donors (Lipinski definition) is 1. The first-order chi connectivity index (χ1) is 9.54. The van der Waals surface area contributed by atoms with Crippen LogP contribution in [0.5, 0.6) is 0 Å². The van der Waals surface area contributed by atoms with Crippen LogP contribution >= 0.6 is 0 Å². The fourth-order valence-electron chi connectivity index (χ4n) is 3.56.